The van der Waals surface area contributed by atoms with E-state index in [1.54, 1.807) is 18.8 Å². The molecule has 0 rings (SSSR count). The molecule has 14 heavy (non-hydrogen) atoms. The largest absolute Gasteiger partial charge is 0.395 e. The van der Waals surface area contributed by atoms with Gasteiger partial charge in [0.25, 0.3) is 0 Å². The average molecular weight is 220 g/mol. The Morgan fingerprint density at radius 3 is 2.64 bits per heavy atom. The maximum absolute atomic E-state index is 10.9. The second kappa shape index (κ2) is 8.08. The number of hydrogen-bond donors (Lipinski definition) is 3. The Hall–Kier alpha value is -0.260. The van der Waals surface area contributed by atoms with Crippen molar-refractivity contribution in [3.8, 4) is 0 Å². The Morgan fingerprint density at radius 2 is 2.21 bits per heavy atom. The fourth-order valence-corrected chi connectivity index (χ4v) is 1.76. The van der Waals surface area contributed by atoms with E-state index in [1.165, 1.54) is 0 Å². The molecule has 5 heteroatoms. The standard InChI is InChI=1S/C9H20N2O2S/c1-7(8(6-12)14-3)11-5-4-9(13)10-2/h7-8,11-12H,4-6H2,1-3H3,(H,10,13). The first-order valence-corrected chi connectivity index (χ1v) is 6.02. The number of nitrogens with one attached hydrogen (secondary N) is 2. The molecule has 0 aliphatic rings. The van der Waals surface area contributed by atoms with Crippen molar-refractivity contribution in [2.24, 2.45) is 0 Å². The smallest absolute Gasteiger partial charge is 0.221 e. The summed E-state index contributed by atoms with van der Waals surface area (Å²) in [6.07, 6.45) is 2.45. The van der Waals surface area contributed by atoms with Crippen molar-refractivity contribution < 1.29 is 9.90 Å². The first-order chi connectivity index (χ1) is 6.65. The normalized spacial score (nSPS) is 14.9. The van der Waals surface area contributed by atoms with Crippen molar-refractivity contribution in [2.45, 2.75) is 24.6 Å². The minimum Gasteiger partial charge on any atom is -0.395 e. The molecule has 0 fully saturated rings. The van der Waals surface area contributed by atoms with Crippen LogP contribution in [0.5, 0.6) is 0 Å². The maximum atomic E-state index is 10.9. The van der Waals surface area contributed by atoms with Crippen LogP contribution < -0.4 is 10.6 Å². The van der Waals surface area contributed by atoms with Crippen molar-refractivity contribution in [3.63, 3.8) is 0 Å². The number of aliphatic hydroxyl groups is 1. The van der Waals surface area contributed by atoms with Gasteiger partial charge in [-0.25, -0.2) is 0 Å². The van der Waals surface area contributed by atoms with Crippen molar-refractivity contribution in [3.05, 3.63) is 0 Å². The molecule has 0 aliphatic carbocycles. The van der Waals surface area contributed by atoms with Crippen LogP contribution in [0.3, 0.4) is 0 Å². The van der Waals surface area contributed by atoms with Crippen molar-refractivity contribution >= 4 is 17.7 Å². The molecule has 0 aromatic rings. The monoisotopic (exact) mass is 220 g/mol. The summed E-state index contributed by atoms with van der Waals surface area (Å²) in [5.74, 6) is 0.0365. The molecule has 1 amide bonds. The Morgan fingerprint density at radius 1 is 1.57 bits per heavy atom. The van der Waals surface area contributed by atoms with Gasteiger partial charge in [-0.1, -0.05) is 0 Å². The zero-order valence-corrected chi connectivity index (χ0v) is 9.86. The minimum absolute atomic E-state index is 0.0365. The van der Waals surface area contributed by atoms with Crippen molar-refractivity contribution in [1.29, 1.82) is 0 Å². The summed E-state index contributed by atoms with van der Waals surface area (Å²) in [7, 11) is 1.63. The van der Waals surface area contributed by atoms with Crippen LogP contribution in [-0.2, 0) is 4.79 Å². The van der Waals surface area contributed by atoms with Gasteiger partial charge in [-0.3, -0.25) is 4.79 Å². The topological polar surface area (TPSA) is 61.4 Å². The van der Waals surface area contributed by atoms with Gasteiger partial charge in [0.15, 0.2) is 0 Å². The quantitative estimate of drug-likeness (QED) is 0.557. The van der Waals surface area contributed by atoms with Gasteiger partial charge in [-0.2, -0.15) is 11.8 Å². The fourth-order valence-electron chi connectivity index (χ4n) is 1.11. The van der Waals surface area contributed by atoms with Crippen LogP contribution >= 0.6 is 11.8 Å². The summed E-state index contributed by atoms with van der Waals surface area (Å²) in [4.78, 5) is 10.9. The molecule has 0 heterocycles. The molecule has 2 atom stereocenters. The molecule has 0 radical (unpaired) electrons. The van der Waals surface area contributed by atoms with Crippen LogP contribution in [0.15, 0.2) is 0 Å². The molecule has 0 aromatic carbocycles. The van der Waals surface area contributed by atoms with Gasteiger partial charge in [0.1, 0.15) is 0 Å². The molecule has 4 nitrogen and oxygen atoms in total. The summed E-state index contributed by atoms with van der Waals surface area (Å²) in [6.45, 7) is 2.83. The number of carbonyl (C=O) groups excluding carboxylic acids is 1. The summed E-state index contributed by atoms with van der Waals surface area (Å²) < 4.78 is 0. The lowest BCUT2D eigenvalue weighted by Gasteiger charge is -2.21. The highest BCUT2D eigenvalue weighted by Crippen LogP contribution is 2.09. The van der Waals surface area contributed by atoms with E-state index in [9.17, 15) is 4.79 Å². The SMILES string of the molecule is CNC(=O)CCNC(C)C(CO)SC. The summed E-state index contributed by atoms with van der Waals surface area (Å²) in [6, 6.07) is 0.222. The van der Waals surface area contributed by atoms with Gasteiger partial charge in [0.05, 0.1) is 6.61 Å². The van der Waals surface area contributed by atoms with E-state index in [2.05, 4.69) is 10.6 Å². The third kappa shape index (κ3) is 5.47. The Bertz CT molecular complexity index is 163. The van der Waals surface area contributed by atoms with Gasteiger partial charge in [-0.15, -0.1) is 0 Å². The van der Waals surface area contributed by atoms with Crippen molar-refractivity contribution in [2.75, 3.05) is 26.5 Å². The maximum Gasteiger partial charge on any atom is 0.221 e. The zero-order chi connectivity index (χ0) is 11.0. The van der Waals surface area contributed by atoms with E-state index in [1.807, 2.05) is 13.2 Å². The molecule has 2 unspecified atom stereocenters. The molecule has 3 N–H and O–H groups in total. The number of hydrogen-bond acceptors (Lipinski definition) is 4. The second-order valence-corrected chi connectivity index (χ2v) is 4.20. The Balaban J connectivity index is 3.61. The lowest BCUT2D eigenvalue weighted by Crippen LogP contribution is -2.39. The Labute approximate surface area is 89.8 Å². The number of amides is 1. The molecule has 0 aromatic heterocycles. The van der Waals surface area contributed by atoms with Crippen LogP contribution in [0, 0.1) is 0 Å². The van der Waals surface area contributed by atoms with Gasteiger partial charge in [-0.05, 0) is 13.2 Å². The zero-order valence-electron chi connectivity index (χ0n) is 9.04. The predicted octanol–water partition coefficient (Wildman–Crippen LogP) is -0.175. The molecule has 84 valence electrons. The van der Waals surface area contributed by atoms with Crippen LogP contribution in [0.1, 0.15) is 13.3 Å². The fraction of sp³-hybridized carbons (Fsp3) is 0.889. The van der Waals surface area contributed by atoms with E-state index < -0.39 is 0 Å². The van der Waals surface area contributed by atoms with Crippen molar-refractivity contribution in [1.82, 2.24) is 10.6 Å². The molecular weight excluding hydrogens is 200 g/mol. The van der Waals surface area contributed by atoms with Crippen LogP contribution in [0.4, 0.5) is 0 Å². The highest BCUT2D eigenvalue weighted by Gasteiger charge is 2.14. The minimum atomic E-state index is 0.0365. The summed E-state index contributed by atoms with van der Waals surface area (Å²) >= 11 is 1.63. The van der Waals surface area contributed by atoms with Gasteiger partial charge in [0, 0.05) is 31.3 Å². The van der Waals surface area contributed by atoms with Gasteiger partial charge < -0.3 is 15.7 Å². The number of rotatable bonds is 7. The van der Waals surface area contributed by atoms with Crippen LogP contribution in [-0.4, -0.2) is 48.8 Å². The first kappa shape index (κ1) is 13.7. The van der Waals surface area contributed by atoms with Gasteiger partial charge in [0.2, 0.25) is 5.91 Å². The molecule has 0 spiro atoms. The van der Waals surface area contributed by atoms with E-state index in [0.717, 1.165) is 0 Å². The second-order valence-electron chi connectivity index (χ2n) is 3.12. The number of aliphatic hydroxyl groups excluding tert-OH is 1. The van der Waals surface area contributed by atoms with Crippen LogP contribution in [0.2, 0.25) is 0 Å². The highest BCUT2D eigenvalue weighted by molar-refractivity contribution is 7.99. The van der Waals surface area contributed by atoms with E-state index in [-0.39, 0.29) is 23.8 Å². The average Bonchev–Trinajstić information content (AvgIpc) is 2.19. The molecule has 0 saturated heterocycles. The summed E-state index contributed by atoms with van der Waals surface area (Å²) in [5, 5.41) is 15.0. The third-order valence-corrected chi connectivity index (χ3v) is 3.30. The molecular formula is C9H20N2O2S. The predicted molar refractivity (Wildman–Crippen MR) is 60.5 cm³/mol. The van der Waals surface area contributed by atoms with E-state index in [4.69, 9.17) is 5.11 Å². The molecule has 0 aliphatic heterocycles. The van der Waals surface area contributed by atoms with Gasteiger partial charge >= 0.3 is 0 Å². The Kier molecular flexibility index (Phi) is 7.93. The lowest BCUT2D eigenvalue weighted by molar-refractivity contribution is -0.120. The lowest BCUT2D eigenvalue weighted by atomic mass is 10.2. The molecule has 0 bridgehead atoms. The molecule has 0 saturated carbocycles. The van der Waals surface area contributed by atoms with E-state index >= 15 is 0 Å². The first-order valence-electron chi connectivity index (χ1n) is 4.73. The highest BCUT2D eigenvalue weighted by atomic mass is 32.2. The van der Waals surface area contributed by atoms with Crippen LogP contribution in [0.25, 0.3) is 0 Å². The summed E-state index contributed by atoms with van der Waals surface area (Å²) in [5.41, 5.74) is 0. The van der Waals surface area contributed by atoms with E-state index in [0.29, 0.717) is 13.0 Å². The third-order valence-electron chi connectivity index (χ3n) is 2.14. The number of thioether (sulfide) groups is 1. The number of carbonyl (C=O) groups is 1.